The normalized spacial score (nSPS) is 11.0. The van der Waals surface area contributed by atoms with Gasteiger partial charge in [-0.1, -0.05) is 5.21 Å². The number of nitrogens with two attached hydrogens (primary N) is 1. The van der Waals surface area contributed by atoms with E-state index < -0.39 is 10.8 Å². The molecule has 0 bridgehead atoms. The minimum Gasteiger partial charge on any atom is -0.494 e. The summed E-state index contributed by atoms with van der Waals surface area (Å²) in [4.78, 5) is 23.3. The van der Waals surface area contributed by atoms with E-state index in [9.17, 15) is 14.9 Å². The molecule has 0 spiro atoms. The molecule has 1 amide bonds. The van der Waals surface area contributed by atoms with Crippen molar-refractivity contribution in [2.24, 2.45) is 5.10 Å². The standard InChI is InChI=1S/C20H17N9O5/c1-2-33-15-9-3-12(4-10-15)11-22-24-20(30)16-17(13-5-7-14(8-6-13)29(31)32)28(27-23-16)19-18(21)25-34-26-19/h3-11H,2H2,1H3,(H2,21,25)(H,24,30)/b22-11+. The summed E-state index contributed by atoms with van der Waals surface area (Å²) in [5.41, 5.74) is 9.17. The number of nitro groups is 1. The maximum Gasteiger partial charge on any atom is 0.294 e. The molecule has 14 nitrogen and oxygen atoms in total. The summed E-state index contributed by atoms with van der Waals surface area (Å²) in [6.07, 6.45) is 1.45. The van der Waals surface area contributed by atoms with Gasteiger partial charge in [-0.3, -0.25) is 14.9 Å². The number of benzene rings is 2. The number of non-ortho nitro benzene ring substituents is 1. The van der Waals surface area contributed by atoms with Gasteiger partial charge in [-0.05, 0) is 59.2 Å². The van der Waals surface area contributed by atoms with Gasteiger partial charge in [0.25, 0.3) is 11.6 Å². The van der Waals surface area contributed by atoms with Crippen LogP contribution in [0.4, 0.5) is 11.5 Å². The molecule has 0 fully saturated rings. The van der Waals surface area contributed by atoms with Crippen molar-refractivity contribution in [2.75, 3.05) is 12.3 Å². The molecule has 0 aliphatic carbocycles. The average molecular weight is 463 g/mol. The van der Waals surface area contributed by atoms with E-state index >= 15 is 0 Å². The second-order valence-corrected chi connectivity index (χ2v) is 6.68. The van der Waals surface area contributed by atoms with E-state index in [0.29, 0.717) is 12.2 Å². The molecular formula is C20H17N9O5. The number of hydrogen-bond donors (Lipinski definition) is 2. The Morgan fingerprint density at radius 3 is 2.59 bits per heavy atom. The Kier molecular flexibility index (Phi) is 6.20. The third-order valence-corrected chi connectivity index (χ3v) is 4.50. The summed E-state index contributed by atoms with van der Waals surface area (Å²) < 4.78 is 11.1. The quantitative estimate of drug-likeness (QED) is 0.222. The van der Waals surface area contributed by atoms with Crippen molar-refractivity contribution in [1.29, 1.82) is 0 Å². The van der Waals surface area contributed by atoms with Crippen LogP contribution in [0.15, 0.2) is 58.3 Å². The third kappa shape index (κ3) is 4.55. The van der Waals surface area contributed by atoms with Gasteiger partial charge in [0.15, 0.2) is 5.69 Å². The van der Waals surface area contributed by atoms with E-state index in [4.69, 9.17) is 10.5 Å². The third-order valence-electron chi connectivity index (χ3n) is 4.50. The van der Waals surface area contributed by atoms with Gasteiger partial charge in [-0.15, -0.1) is 5.10 Å². The minimum absolute atomic E-state index is 0.00204. The van der Waals surface area contributed by atoms with Crippen LogP contribution in [-0.2, 0) is 0 Å². The summed E-state index contributed by atoms with van der Waals surface area (Å²) in [7, 11) is 0. The van der Waals surface area contributed by atoms with E-state index in [1.165, 1.54) is 30.5 Å². The van der Waals surface area contributed by atoms with E-state index in [2.05, 4.69) is 35.8 Å². The molecule has 172 valence electrons. The van der Waals surface area contributed by atoms with Gasteiger partial charge in [0.05, 0.1) is 17.7 Å². The molecule has 2 heterocycles. The van der Waals surface area contributed by atoms with Crippen LogP contribution in [0.3, 0.4) is 0 Å². The lowest BCUT2D eigenvalue weighted by Crippen LogP contribution is -2.19. The van der Waals surface area contributed by atoms with Crippen LogP contribution in [0.2, 0.25) is 0 Å². The van der Waals surface area contributed by atoms with Crippen molar-refractivity contribution in [3.63, 3.8) is 0 Å². The SMILES string of the molecule is CCOc1ccc(/C=N/NC(=O)c2nnn(-c3nonc3N)c2-c2ccc([N+](=O)[O-])cc2)cc1. The molecule has 0 aliphatic heterocycles. The summed E-state index contributed by atoms with van der Waals surface area (Å²) >= 11 is 0. The number of anilines is 1. The first kappa shape index (κ1) is 22.1. The van der Waals surface area contributed by atoms with Crippen LogP contribution in [0.5, 0.6) is 5.75 Å². The second kappa shape index (κ2) is 9.56. The first-order chi connectivity index (χ1) is 16.5. The minimum atomic E-state index is -0.684. The van der Waals surface area contributed by atoms with Crippen molar-refractivity contribution in [1.82, 2.24) is 30.7 Å². The first-order valence-electron chi connectivity index (χ1n) is 9.83. The first-order valence-corrected chi connectivity index (χ1v) is 9.83. The predicted molar refractivity (Wildman–Crippen MR) is 118 cm³/mol. The topological polar surface area (TPSA) is 189 Å². The summed E-state index contributed by atoms with van der Waals surface area (Å²) in [6, 6.07) is 12.6. The zero-order valence-corrected chi connectivity index (χ0v) is 17.7. The smallest absolute Gasteiger partial charge is 0.294 e. The van der Waals surface area contributed by atoms with Gasteiger partial charge in [0.2, 0.25) is 11.6 Å². The Labute approximate surface area is 191 Å². The number of hydrazone groups is 1. The zero-order chi connectivity index (χ0) is 24.1. The Bertz CT molecular complexity index is 1340. The highest BCUT2D eigenvalue weighted by Gasteiger charge is 2.25. The Hall–Kier alpha value is -5.14. The van der Waals surface area contributed by atoms with Gasteiger partial charge < -0.3 is 10.5 Å². The van der Waals surface area contributed by atoms with Gasteiger partial charge >= 0.3 is 0 Å². The molecule has 4 rings (SSSR count). The Balaban J connectivity index is 1.63. The molecule has 14 heteroatoms. The summed E-state index contributed by atoms with van der Waals surface area (Å²) in [5.74, 6) is -0.0576. The number of nitrogens with zero attached hydrogens (tertiary/aromatic N) is 7. The fourth-order valence-electron chi connectivity index (χ4n) is 2.96. The zero-order valence-electron chi connectivity index (χ0n) is 17.7. The molecule has 0 atom stereocenters. The van der Waals surface area contributed by atoms with Crippen LogP contribution < -0.4 is 15.9 Å². The fourth-order valence-corrected chi connectivity index (χ4v) is 2.96. The van der Waals surface area contributed by atoms with Crippen LogP contribution in [0, 0.1) is 10.1 Å². The molecule has 0 saturated heterocycles. The number of rotatable bonds is 8. The number of hydrogen-bond acceptors (Lipinski definition) is 11. The maximum absolute atomic E-state index is 12.9. The molecular weight excluding hydrogens is 446 g/mol. The molecule has 3 N–H and O–H groups in total. The highest BCUT2D eigenvalue weighted by molar-refractivity contribution is 5.98. The molecule has 0 saturated carbocycles. The highest BCUT2D eigenvalue weighted by atomic mass is 16.6. The largest absolute Gasteiger partial charge is 0.494 e. The summed E-state index contributed by atoms with van der Waals surface area (Å²) in [5, 5.41) is 30.0. The lowest BCUT2D eigenvalue weighted by molar-refractivity contribution is -0.384. The van der Waals surface area contributed by atoms with E-state index in [-0.39, 0.29) is 28.7 Å². The lowest BCUT2D eigenvalue weighted by Gasteiger charge is -2.05. The highest BCUT2D eigenvalue weighted by Crippen LogP contribution is 2.28. The van der Waals surface area contributed by atoms with E-state index in [1.807, 2.05) is 6.92 Å². The van der Waals surface area contributed by atoms with Gasteiger partial charge in [0.1, 0.15) is 11.4 Å². The average Bonchev–Trinajstić information content (AvgIpc) is 3.46. The number of nitro benzene ring substituents is 1. The van der Waals surface area contributed by atoms with E-state index in [1.54, 1.807) is 24.3 Å². The number of nitrogen functional groups attached to an aromatic ring is 1. The van der Waals surface area contributed by atoms with Crippen molar-refractivity contribution >= 4 is 23.6 Å². The van der Waals surface area contributed by atoms with Crippen molar-refractivity contribution in [2.45, 2.75) is 6.92 Å². The Morgan fingerprint density at radius 1 is 1.24 bits per heavy atom. The van der Waals surface area contributed by atoms with Gasteiger partial charge in [-0.2, -0.15) is 9.78 Å². The maximum atomic E-state index is 12.9. The summed E-state index contributed by atoms with van der Waals surface area (Å²) in [6.45, 7) is 2.44. The monoisotopic (exact) mass is 463 g/mol. The van der Waals surface area contributed by atoms with Crippen LogP contribution in [-0.4, -0.2) is 49.0 Å². The molecule has 2 aromatic carbocycles. The van der Waals surface area contributed by atoms with Gasteiger partial charge in [0, 0.05) is 17.7 Å². The van der Waals surface area contributed by atoms with Crippen LogP contribution in [0.25, 0.3) is 17.1 Å². The molecule has 0 aliphatic rings. The van der Waals surface area contributed by atoms with E-state index in [0.717, 1.165) is 16.0 Å². The second-order valence-electron chi connectivity index (χ2n) is 6.68. The number of nitrogens with one attached hydrogen (secondary N) is 1. The molecule has 0 radical (unpaired) electrons. The fraction of sp³-hybridized carbons (Fsp3) is 0.100. The van der Waals surface area contributed by atoms with Crippen LogP contribution in [0.1, 0.15) is 23.0 Å². The van der Waals surface area contributed by atoms with Gasteiger partial charge in [-0.25, -0.2) is 10.1 Å². The number of amides is 1. The lowest BCUT2D eigenvalue weighted by atomic mass is 10.1. The van der Waals surface area contributed by atoms with Crippen molar-refractivity contribution in [3.05, 3.63) is 69.9 Å². The number of aromatic nitrogens is 5. The molecule has 34 heavy (non-hydrogen) atoms. The molecule has 4 aromatic rings. The molecule has 0 unspecified atom stereocenters. The number of carbonyl (C=O) groups is 1. The number of ether oxygens (including phenoxy) is 1. The van der Waals surface area contributed by atoms with Crippen molar-refractivity contribution in [3.8, 4) is 22.8 Å². The number of carbonyl (C=O) groups excluding carboxylic acids is 1. The predicted octanol–water partition coefficient (Wildman–Crippen LogP) is 1.97. The Morgan fingerprint density at radius 2 is 1.97 bits per heavy atom. The van der Waals surface area contributed by atoms with Crippen molar-refractivity contribution < 1.29 is 19.1 Å². The molecule has 2 aromatic heterocycles. The van der Waals surface area contributed by atoms with Crippen LogP contribution >= 0.6 is 0 Å².